The lowest BCUT2D eigenvalue weighted by molar-refractivity contribution is 0.905. The van der Waals surface area contributed by atoms with E-state index in [0.717, 1.165) is 50.2 Å². The van der Waals surface area contributed by atoms with E-state index in [0.29, 0.717) is 11.4 Å². The van der Waals surface area contributed by atoms with Gasteiger partial charge in [-0.15, -0.1) is 0 Å². The maximum Gasteiger partial charge on any atom is 0.258 e. The molecule has 0 aliphatic rings. The fourth-order valence-electron chi connectivity index (χ4n) is 4.03. The molecule has 0 atom stereocenters. The summed E-state index contributed by atoms with van der Waals surface area (Å²) in [5.41, 5.74) is 8.04. The van der Waals surface area contributed by atoms with Crippen molar-refractivity contribution in [3.8, 4) is 22.4 Å². The average molecular weight is 437 g/mol. The first kappa shape index (κ1) is 20.6. The second kappa shape index (κ2) is 8.02. The van der Waals surface area contributed by atoms with E-state index in [4.69, 9.17) is 0 Å². The van der Waals surface area contributed by atoms with Crippen molar-refractivity contribution < 1.29 is 0 Å². The number of aromatic nitrogens is 5. The third-order valence-corrected chi connectivity index (χ3v) is 5.81. The number of aryl methyl sites for hydroxylation is 4. The number of benzene rings is 1. The monoisotopic (exact) mass is 436 g/mol. The van der Waals surface area contributed by atoms with Crippen LogP contribution in [0.3, 0.4) is 0 Å². The number of rotatable bonds is 4. The zero-order valence-corrected chi connectivity index (χ0v) is 19.0. The molecule has 0 bridgehead atoms. The summed E-state index contributed by atoms with van der Waals surface area (Å²) in [7, 11) is 1.80. The minimum atomic E-state index is -0.0395. The second-order valence-electron chi connectivity index (χ2n) is 8.38. The fourth-order valence-corrected chi connectivity index (χ4v) is 4.03. The zero-order valence-electron chi connectivity index (χ0n) is 19.0. The molecule has 0 amide bonds. The summed E-state index contributed by atoms with van der Waals surface area (Å²) in [5.74, 6) is 0.687. The molecule has 0 saturated heterocycles. The van der Waals surface area contributed by atoms with Crippen LogP contribution in [0.1, 0.15) is 16.8 Å². The Morgan fingerprint density at radius 1 is 0.939 bits per heavy atom. The molecule has 164 valence electrons. The molecule has 5 rings (SSSR count). The molecular formula is C26H24N6O. The number of hydrogen-bond donors (Lipinski definition) is 2. The van der Waals surface area contributed by atoms with Gasteiger partial charge in [-0.2, -0.15) is 5.10 Å². The molecule has 0 saturated carbocycles. The van der Waals surface area contributed by atoms with Gasteiger partial charge in [0.25, 0.3) is 5.56 Å². The lowest BCUT2D eigenvalue weighted by Crippen LogP contribution is -2.19. The van der Waals surface area contributed by atoms with Crippen molar-refractivity contribution in [3.63, 3.8) is 0 Å². The van der Waals surface area contributed by atoms with Gasteiger partial charge in [-0.05, 0) is 67.8 Å². The van der Waals surface area contributed by atoms with Gasteiger partial charge in [-0.25, -0.2) is 0 Å². The number of anilines is 2. The molecule has 0 spiro atoms. The average Bonchev–Trinajstić information content (AvgIpc) is 3.27. The molecule has 33 heavy (non-hydrogen) atoms. The molecule has 7 heteroatoms. The lowest BCUT2D eigenvalue weighted by Gasteiger charge is -2.13. The largest absolute Gasteiger partial charge is 0.339 e. The van der Waals surface area contributed by atoms with Crippen LogP contribution in [0.15, 0.2) is 65.8 Å². The maximum absolute atomic E-state index is 13.2. The Labute approximate surface area is 191 Å². The van der Waals surface area contributed by atoms with Crippen LogP contribution in [0.2, 0.25) is 0 Å². The first-order valence-electron chi connectivity index (χ1n) is 10.7. The third kappa shape index (κ3) is 3.89. The van der Waals surface area contributed by atoms with Gasteiger partial charge in [0, 0.05) is 59.6 Å². The Morgan fingerprint density at radius 2 is 1.79 bits per heavy atom. The highest BCUT2D eigenvalue weighted by Crippen LogP contribution is 2.29. The van der Waals surface area contributed by atoms with Gasteiger partial charge in [0.15, 0.2) is 5.82 Å². The van der Waals surface area contributed by atoms with E-state index in [-0.39, 0.29) is 5.56 Å². The number of pyridine rings is 3. The van der Waals surface area contributed by atoms with Crippen molar-refractivity contribution in [1.29, 1.82) is 0 Å². The second-order valence-corrected chi connectivity index (χ2v) is 8.38. The Kier molecular flexibility index (Phi) is 5.01. The first-order valence-corrected chi connectivity index (χ1v) is 10.7. The van der Waals surface area contributed by atoms with Gasteiger partial charge >= 0.3 is 0 Å². The number of nitrogens with zero attached hydrogens (tertiary/aromatic N) is 4. The minimum absolute atomic E-state index is 0.0395. The quantitative estimate of drug-likeness (QED) is 0.411. The third-order valence-electron chi connectivity index (χ3n) is 5.81. The molecule has 4 aromatic heterocycles. The molecule has 2 N–H and O–H groups in total. The molecule has 0 fully saturated rings. The lowest BCUT2D eigenvalue weighted by atomic mass is 9.99. The van der Waals surface area contributed by atoms with E-state index in [1.807, 2.05) is 69.6 Å². The van der Waals surface area contributed by atoms with Gasteiger partial charge in [0.05, 0.1) is 11.2 Å². The molecule has 5 aromatic rings. The number of H-pyrrole nitrogens is 1. The smallest absolute Gasteiger partial charge is 0.258 e. The van der Waals surface area contributed by atoms with Gasteiger partial charge in [-0.1, -0.05) is 6.07 Å². The standard InChI is InChI=1S/C26H24N6O/c1-15-7-18(13-27-12-15)23-11-25(31-30-23)29-20-6-5-16(2)21(10-20)22-9-19-14-28-17(3)8-24(19)32(4)26(22)33/h5-14H,1-4H3,(H2,29,30,31). The molecular weight excluding hydrogens is 412 g/mol. The highest BCUT2D eigenvalue weighted by atomic mass is 16.1. The summed E-state index contributed by atoms with van der Waals surface area (Å²) in [6.45, 7) is 5.94. The van der Waals surface area contributed by atoms with Crippen LogP contribution in [-0.2, 0) is 7.05 Å². The normalized spacial score (nSPS) is 11.2. The van der Waals surface area contributed by atoms with Crippen molar-refractivity contribution in [2.24, 2.45) is 7.05 Å². The summed E-state index contributed by atoms with van der Waals surface area (Å²) >= 11 is 0. The van der Waals surface area contributed by atoms with Gasteiger partial charge in [0.1, 0.15) is 0 Å². The van der Waals surface area contributed by atoms with Crippen LogP contribution >= 0.6 is 0 Å². The summed E-state index contributed by atoms with van der Waals surface area (Å²) in [4.78, 5) is 21.8. The molecule has 0 unspecified atom stereocenters. The molecule has 0 radical (unpaired) electrons. The minimum Gasteiger partial charge on any atom is -0.339 e. The number of fused-ring (bicyclic) bond motifs is 1. The molecule has 0 aliphatic carbocycles. The van der Waals surface area contributed by atoms with E-state index in [1.165, 1.54) is 0 Å². The number of hydrogen-bond acceptors (Lipinski definition) is 5. The zero-order chi connectivity index (χ0) is 23.1. The number of aromatic amines is 1. The van der Waals surface area contributed by atoms with Gasteiger partial charge in [0.2, 0.25) is 0 Å². The predicted molar refractivity (Wildman–Crippen MR) is 132 cm³/mol. The maximum atomic E-state index is 13.2. The highest BCUT2D eigenvalue weighted by Gasteiger charge is 2.13. The van der Waals surface area contributed by atoms with Crippen LogP contribution in [0.4, 0.5) is 11.5 Å². The van der Waals surface area contributed by atoms with Crippen LogP contribution in [-0.4, -0.2) is 24.7 Å². The van der Waals surface area contributed by atoms with Crippen molar-refractivity contribution >= 4 is 22.4 Å². The van der Waals surface area contributed by atoms with Crippen molar-refractivity contribution in [3.05, 3.63) is 88.2 Å². The van der Waals surface area contributed by atoms with Gasteiger partial charge in [-0.3, -0.25) is 19.9 Å². The van der Waals surface area contributed by atoms with Crippen LogP contribution in [0.25, 0.3) is 33.3 Å². The van der Waals surface area contributed by atoms with E-state index in [9.17, 15) is 4.79 Å². The predicted octanol–water partition coefficient (Wildman–Crippen LogP) is 5.05. The Morgan fingerprint density at radius 3 is 2.61 bits per heavy atom. The summed E-state index contributed by atoms with van der Waals surface area (Å²) in [6.07, 6.45) is 5.44. The topological polar surface area (TPSA) is 88.5 Å². The fraction of sp³-hybridized carbons (Fsp3) is 0.154. The van der Waals surface area contributed by atoms with Crippen molar-refractivity contribution in [1.82, 2.24) is 24.7 Å². The first-order chi connectivity index (χ1) is 15.9. The Bertz CT molecular complexity index is 1560. The molecule has 7 nitrogen and oxygen atoms in total. The Hall–Kier alpha value is -4.26. The van der Waals surface area contributed by atoms with E-state index >= 15 is 0 Å². The van der Waals surface area contributed by atoms with E-state index in [1.54, 1.807) is 17.8 Å². The van der Waals surface area contributed by atoms with Crippen LogP contribution in [0, 0.1) is 20.8 Å². The highest BCUT2D eigenvalue weighted by molar-refractivity contribution is 5.85. The SMILES string of the molecule is Cc1cncc(-c2cc(Nc3ccc(C)c(-c4cc5cnc(C)cc5n(C)c4=O)c3)n[nH]2)c1. The van der Waals surface area contributed by atoms with E-state index in [2.05, 4.69) is 31.5 Å². The van der Waals surface area contributed by atoms with Crippen molar-refractivity contribution in [2.75, 3.05) is 5.32 Å². The summed E-state index contributed by atoms with van der Waals surface area (Å²) in [6, 6.07) is 13.8. The van der Waals surface area contributed by atoms with Crippen LogP contribution < -0.4 is 10.9 Å². The molecule has 0 aliphatic heterocycles. The summed E-state index contributed by atoms with van der Waals surface area (Å²) < 4.78 is 1.69. The molecule has 1 aromatic carbocycles. The van der Waals surface area contributed by atoms with E-state index < -0.39 is 0 Å². The summed E-state index contributed by atoms with van der Waals surface area (Å²) in [5, 5.41) is 11.7. The Balaban J connectivity index is 1.52. The van der Waals surface area contributed by atoms with Crippen molar-refractivity contribution in [2.45, 2.75) is 20.8 Å². The number of nitrogens with one attached hydrogen (secondary N) is 2. The molecule has 4 heterocycles. The van der Waals surface area contributed by atoms with Crippen LogP contribution in [0.5, 0.6) is 0 Å². The van der Waals surface area contributed by atoms with Gasteiger partial charge < -0.3 is 9.88 Å².